The molecule has 1 N–H and O–H groups in total. The Morgan fingerprint density at radius 1 is 1.03 bits per heavy atom. The van der Waals surface area contributed by atoms with Gasteiger partial charge in [-0.25, -0.2) is 5.43 Å². The molecule has 0 aliphatic carbocycles. The maximum Gasteiger partial charge on any atom is 0.244 e. The summed E-state index contributed by atoms with van der Waals surface area (Å²) in [6.45, 7) is 2.87. The molecule has 2 heterocycles. The van der Waals surface area contributed by atoms with E-state index in [1.807, 2.05) is 49.4 Å². The van der Waals surface area contributed by atoms with E-state index in [1.165, 1.54) is 0 Å². The van der Waals surface area contributed by atoms with Crippen molar-refractivity contribution in [1.29, 1.82) is 0 Å². The van der Waals surface area contributed by atoms with Crippen LogP contribution in [0.3, 0.4) is 0 Å². The van der Waals surface area contributed by atoms with E-state index in [2.05, 4.69) is 21.2 Å². The molecule has 34 heavy (non-hydrogen) atoms. The summed E-state index contributed by atoms with van der Waals surface area (Å²) in [4.78, 5) is 12.4. The number of aromatic nitrogens is 1. The summed E-state index contributed by atoms with van der Waals surface area (Å²) >= 11 is 12.3. The smallest absolute Gasteiger partial charge is 0.244 e. The molecule has 1 aromatic heterocycles. The van der Waals surface area contributed by atoms with E-state index in [0.29, 0.717) is 28.1 Å². The lowest BCUT2D eigenvalue weighted by atomic mass is 10.1. The van der Waals surface area contributed by atoms with Crippen molar-refractivity contribution in [3.63, 3.8) is 0 Å². The minimum absolute atomic E-state index is 0.187. The predicted octanol–water partition coefficient (Wildman–Crippen LogP) is 5.73. The fourth-order valence-electron chi connectivity index (χ4n) is 4.09. The van der Waals surface area contributed by atoms with E-state index >= 15 is 0 Å². The van der Waals surface area contributed by atoms with E-state index in [4.69, 9.17) is 32.7 Å². The second kappa shape index (κ2) is 9.41. The Morgan fingerprint density at radius 2 is 1.82 bits per heavy atom. The summed E-state index contributed by atoms with van der Waals surface area (Å²) in [7, 11) is 0. The monoisotopic (exact) mass is 493 g/mol. The number of ether oxygens (including phenoxy) is 2. The zero-order chi connectivity index (χ0) is 23.7. The first-order valence-electron chi connectivity index (χ1n) is 10.7. The second-order valence-corrected chi connectivity index (χ2v) is 8.82. The van der Waals surface area contributed by atoms with E-state index in [9.17, 15) is 4.79 Å². The molecule has 1 aliphatic heterocycles. The fourth-order valence-corrected chi connectivity index (χ4v) is 4.41. The molecule has 1 amide bonds. The van der Waals surface area contributed by atoms with Crippen LogP contribution in [0.5, 0.6) is 11.5 Å². The Morgan fingerprint density at radius 3 is 2.68 bits per heavy atom. The molecule has 5 rings (SSSR count). The summed E-state index contributed by atoms with van der Waals surface area (Å²) in [6.07, 6.45) is 1.88. The maximum atomic E-state index is 12.4. The van der Waals surface area contributed by atoms with Gasteiger partial charge in [0.15, 0.2) is 11.5 Å². The number of fused-ring (bicyclic) bond motifs is 2. The first kappa shape index (κ1) is 22.3. The minimum atomic E-state index is -0.215. The van der Waals surface area contributed by atoms with Crippen LogP contribution in [0.1, 0.15) is 22.4 Å². The Kier molecular flexibility index (Phi) is 6.18. The Labute approximate surface area is 206 Å². The van der Waals surface area contributed by atoms with Gasteiger partial charge in [0.05, 0.1) is 22.7 Å². The van der Waals surface area contributed by atoms with Crippen molar-refractivity contribution < 1.29 is 14.3 Å². The lowest BCUT2D eigenvalue weighted by Gasteiger charge is -2.09. The van der Waals surface area contributed by atoms with Gasteiger partial charge in [0.1, 0.15) is 0 Å². The highest BCUT2D eigenvalue weighted by molar-refractivity contribution is 6.42. The largest absolute Gasteiger partial charge is 0.454 e. The van der Waals surface area contributed by atoms with Crippen molar-refractivity contribution in [3.05, 3.63) is 93.1 Å². The summed E-state index contributed by atoms with van der Waals surface area (Å²) in [5, 5.41) is 6.34. The molecule has 172 valence electrons. The molecule has 0 saturated heterocycles. The van der Waals surface area contributed by atoms with Gasteiger partial charge in [0, 0.05) is 28.7 Å². The number of para-hydroxylation sites is 1. The molecule has 0 saturated carbocycles. The minimum Gasteiger partial charge on any atom is -0.454 e. The van der Waals surface area contributed by atoms with Gasteiger partial charge in [0.25, 0.3) is 0 Å². The van der Waals surface area contributed by atoms with Crippen LogP contribution in [-0.4, -0.2) is 23.5 Å². The molecule has 4 aromatic rings. The van der Waals surface area contributed by atoms with Crippen molar-refractivity contribution in [2.75, 3.05) is 6.79 Å². The zero-order valence-electron chi connectivity index (χ0n) is 18.3. The van der Waals surface area contributed by atoms with Crippen molar-refractivity contribution >= 4 is 46.2 Å². The number of nitrogens with zero attached hydrogens (tertiary/aromatic N) is 2. The van der Waals surface area contributed by atoms with Gasteiger partial charge in [-0.3, -0.25) is 4.79 Å². The van der Waals surface area contributed by atoms with E-state index < -0.39 is 0 Å². The molecule has 1 aliphatic rings. The lowest BCUT2D eigenvalue weighted by molar-refractivity contribution is -0.120. The van der Waals surface area contributed by atoms with E-state index in [1.54, 1.807) is 18.3 Å². The number of nitrogens with one attached hydrogen (secondary N) is 1. The predicted molar refractivity (Wildman–Crippen MR) is 134 cm³/mol. The molecule has 8 heteroatoms. The topological polar surface area (TPSA) is 64.8 Å². The number of hydrazone groups is 1. The molecule has 3 aromatic carbocycles. The molecular weight excluding hydrogens is 473 g/mol. The zero-order valence-corrected chi connectivity index (χ0v) is 19.9. The van der Waals surface area contributed by atoms with Gasteiger partial charge in [-0.2, -0.15) is 5.10 Å². The second-order valence-electron chi connectivity index (χ2n) is 8.01. The van der Waals surface area contributed by atoms with Gasteiger partial charge in [-0.05, 0) is 48.4 Å². The average molecular weight is 494 g/mol. The third-order valence-corrected chi connectivity index (χ3v) is 6.53. The number of hydrogen-bond donors (Lipinski definition) is 1. The molecule has 0 fully saturated rings. The number of carbonyl (C=O) groups excluding carboxylic acids is 1. The molecular formula is C26H21Cl2N3O3. The number of rotatable bonds is 6. The van der Waals surface area contributed by atoms with Crippen molar-refractivity contribution in [1.82, 2.24) is 9.99 Å². The first-order valence-corrected chi connectivity index (χ1v) is 11.5. The Bertz CT molecular complexity index is 1430. The Hall–Kier alpha value is -3.48. The quantitative estimate of drug-likeness (QED) is 0.275. The van der Waals surface area contributed by atoms with Gasteiger partial charge >= 0.3 is 0 Å². The van der Waals surface area contributed by atoms with Crippen LogP contribution in [0.15, 0.2) is 65.8 Å². The van der Waals surface area contributed by atoms with Crippen LogP contribution in [0, 0.1) is 6.92 Å². The van der Waals surface area contributed by atoms with Crippen LogP contribution in [0.25, 0.3) is 10.9 Å². The molecule has 0 atom stereocenters. The SMILES string of the molecule is Cc1c(/C=N\NC(=O)Cc2ccc3c(c2)OCO3)c2ccccc2n1Cc1ccc(Cl)c(Cl)c1. The Balaban J connectivity index is 1.34. The number of carbonyl (C=O) groups is 1. The van der Waals surface area contributed by atoms with Crippen molar-refractivity contribution in [2.45, 2.75) is 19.9 Å². The third kappa shape index (κ3) is 4.47. The summed E-state index contributed by atoms with van der Waals surface area (Å²) in [5.41, 5.74) is 7.54. The average Bonchev–Trinajstić information content (AvgIpc) is 3.39. The molecule has 0 spiro atoms. The molecule has 6 nitrogen and oxygen atoms in total. The van der Waals surface area contributed by atoms with Crippen LogP contribution < -0.4 is 14.9 Å². The van der Waals surface area contributed by atoms with Crippen LogP contribution in [-0.2, 0) is 17.8 Å². The molecule has 0 radical (unpaired) electrons. The van der Waals surface area contributed by atoms with Gasteiger partial charge < -0.3 is 14.0 Å². The lowest BCUT2D eigenvalue weighted by Crippen LogP contribution is -2.19. The fraction of sp³-hybridized carbons (Fsp3) is 0.154. The van der Waals surface area contributed by atoms with E-state index in [0.717, 1.165) is 33.3 Å². The highest BCUT2D eigenvalue weighted by Gasteiger charge is 2.15. The van der Waals surface area contributed by atoms with Gasteiger partial charge in [-0.1, -0.05) is 53.5 Å². The highest BCUT2D eigenvalue weighted by Crippen LogP contribution is 2.32. The number of benzene rings is 3. The number of hydrogen-bond acceptors (Lipinski definition) is 4. The summed E-state index contributed by atoms with van der Waals surface area (Å²) in [6, 6.07) is 19.2. The normalized spacial score (nSPS) is 12.6. The standard InChI is InChI=1S/C26H21Cl2N3O3/c1-16-20(13-29-30-26(32)12-17-7-9-24-25(11-17)34-15-33-24)19-4-2-3-5-23(19)31(16)14-18-6-8-21(27)22(28)10-18/h2-11,13H,12,14-15H2,1H3,(H,30,32)/b29-13-. The van der Waals surface area contributed by atoms with Crippen molar-refractivity contribution in [3.8, 4) is 11.5 Å². The van der Waals surface area contributed by atoms with Gasteiger partial charge in [-0.15, -0.1) is 0 Å². The van der Waals surface area contributed by atoms with Crippen LogP contribution >= 0.6 is 23.2 Å². The van der Waals surface area contributed by atoms with Gasteiger partial charge in [0.2, 0.25) is 12.7 Å². The van der Waals surface area contributed by atoms with Crippen LogP contribution in [0.4, 0.5) is 0 Å². The highest BCUT2D eigenvalue weighted by atomic mass is 35.5. The molecule has 0 bridgehead atoms. The summed E-state index contributed by atoms with van der Waals surface area (Å²) < 4.78 is 12.9. The number of amides is 1. The molecule has 0 unspecified atom stereocenters. The van der Waals surface area contributed by atoms with Crippen molar-refractivity contribution in [2.24, 2.45) is 5.10 Å². The first-order chi connectivity index (χ1) is 16.5. The maximum absolute atomic E-state index is 12.4. The van der Waals surface area contributed by atoms with Crippen LogP contribution in [0.2, 0.25) is 10.0 Å². The summed E-state index contributed by atoms with van der Waals surface area (Å²) in [5.74, 6) is 1.13. The number of halogens is 2. The van der Waals surface area contributed by atoms with E-state index in [-0.39, 0.29) is 19.1 Å². The third-order valence-electron chi connectivity index (χ3n) is 5.79.